The second kappa shape index (κ2) is 5.71. The smallest absolute Gasteiger partial charge is 0.232 e. The van der Waals surface area contributed by atoms with E-state index in [2.05, 4.69) is 4.72 Å². The van der Waals surface area contributed by atoms with E-state index in [1.807, 2.05) is 20.8 Å². The molecule has 1 aromatic rings. The Balaban J connectivity index is 2.77. The van der Waals surface area contributed by atoms with Crippen LogP contribution in [0, 0.1) is 5.41 Å². The van der Waals surface area contributed by atoms with Crippen molar-refractivity contribution in [3.8, 4) is 0 Å². The van der Waals surface area contributed by atoms with Crippen LogP contribution < -0.4 is 4.72 Å². The van der Waals surface area contributed by atoms with Gasteiger partial charge in [-0.1, -0.05) is 39.0 Å². The summed E-state index contributed by atoms with van der Waals surface area (Å²) in [5.74, 6) is 0.0796. The average molecular weight is 271 g/mol. The van der Waals surface area contributed by atoms with Gasteiger partial charge in [-0.15, -0.1) is 0 Å². The zero-order chi connectivity index (χ0) is 13.8. The van der Waals surface area contributed by atoms with Crippen molar-refractivity contribution in [2.24, 2.45) is 5.41 Å². The number of para-hydroxylation sites is 1. The fraction of sp³-hybridized carbons (Fsp3) is 0.538. The Kier molecular flexibility index (Phi) is 4.76. The highest BCUT2D eigenvalue weighted by atomic mass is 32.2. The van der Waals surface area contributed by atoms with E-state index < -0.39 is 10.0 Å². The normalized spacial score (nSPS) is 12.4. The van der Waals surface area contributed by atoms with E-state index in [9.17, 15) is 8.42 Å². The summed E-state index contributed by atoms with van der Waals surface area (Å²) < 4.78 is 26.4. The minimum absolute atomic E-state index is 0.0226. The van der Waals surface area contributed by atoms with Crippen LogP contribution in [0.5, 0.6) is 0 Å². The highest BCUT2D eigenvalue weighted by molar-refractivity contribution is 7.92. The summed E-state index contributed by atoms with van der Waals surface area (Å²) in [5, 5.41) is 9.14. The van der Waals surface area contributed by atoms with Crippen LogP contribution in [0.3, 0.4) is 0 Å². The average Bonchev–Trinajstić information content (AvgIpc) is 2.26. The molecule has 0 unspecified atom stereocenters. The topological polar surface area (TPSA) is 66.4 Å². The van der Waals surface area contributed by atoms with Crippen molar-refractivity contribution in [3.05, 3.63) is 29.8 Å². The van der Waals surface area contributed by atoms with Crippen molar-refractivity contribution >= 4 is 15.7 Å². The highest BCUT2D eigenvalue weighted by Gasteiger charge is 2.18. The van der Waals surface area contributed by atoms with Gasteiger partial charge in [0.1, 0.15) is 0 Å². The third-order valence-electron chi connectivity index (χ3n) is 2.57. The molecule has 0 saturated carbocycles. The Hall–Kier alpha value is -1.07. The van der Waals surface area contributed by atoms with E-state index >= 15 is 0 Å². The molecule has 0 saturated heterocycles. The molecule has 2 N–H and O–H groups in total. The van der Waals surface area contributed by atoms with E-state index in [1.165, 1.54) is 0 Å². The molecule has 1 aromatic carbocycles. The molecule has 18 heavy (non-hydrogen) atoms. The first kappa shape index (κ1) is 15.0. The second-order valence-electron chi connectivity index (χ2n) is 5.55. The van der Waals surface area contributed by atoms with Crippen LogP contribution in [-0.4, -0.2) is 19.3 Å². The Bertz CT molecular complexity index is 489. The molecule has 4 nitrogen and oxygen atoms in total. The minimum atomic E-state index is -3.36. The van der Waals surface area contributed by atoms with Gasteiger partial charge >= 0.3 is 0 Å². The summed E-state index contributed by atoms with van der Waals surface area (Å²) in [6, 6.07) is 6.85. The fourth-order valence-corrected chi connectivity index (χ4v) is 2.93. The van der Waals surface area contributed by atoms with Crippen LogP contribution in [-0.2, 0) is 16.6 Å². The van der Waals surface area contributed by atoms with Crippen LogP contribution in [0.15, 0.2) is 24.3 Å². The van der Waals surface area contributed by atoms with Crippen molar-refractivity contribution < 1.29 is 13.5 Å². The summed E-state index contributed by atoms with van der Waals surface area (Å²) >= 11 is 0. The molecular formula is C13H21NO3S. The minimum Gasteiger partial charge on any atom is -0.392 e. The molecule has 0 atom stereocenters. The summed E-state index contributed by atoms with van der Waals surface area (Å²) in [6.45, 7) is 5.83. The molecule has 5 heteroatoms. The predicted octanol–water partition coefficient (Wildman–Crippen LogP) is 2.36. The molecule has 102 valence electrons. The molecule has 1 rings (SSSR count). The zero-order valence-electron chi connectivity index (χ0n) is 11.1. The van der Waals surface area contributed by atoms with Gasteiger partial charge in [-0.2, -0.15) is 0 Å². The molecule has 0 aliphatic carbocycles. The molecule has 0 bridgehead atoms. The number of anilines is 1. The Morgan fingerprint density at radius 3 is 2.39 bits per heavy atom. The van der Waals surface area contributed by atoms with Crippen molar-refractivity contribution in [1.29, 1.82) is 0 Å². The molecule has 0 amide bonds. The van der Waals surface area contributed by atoms with Crippen molar-refractivity contribution in [3.63, 3.8) is 0 Å². The lowest BCUT2D eigenvalue weighted by Gasteiger charge is -2.18. The van der Waals surface area contributed by atoms with Gasteiger partial charge in [-0.05, 0) is 17.9 Å². The quantitative estimate of drug-likeness (QED) is 0.864. The van der Waals surface area contributed by atoms with Crippen LogP contribution in [0.25, 0.3) is 0 Å². The molecule has 0 heterocycles. The molecule has 0 aliphatic rings. The lowest BCUT2D eigenvalue weighted by atomic mass is 9.94. The fourth-order valence-electron chi connectivity index (χ4n) is 1.42. The van der Waals surface area contributed by atoms with Gasteiger partial charge in [0.15, 0.2) is 0 Å². The van der Waals surface area contributed by atoms with Crippen molar-refractivity contribution in [2.45, 2.75) is 33.8 Å². The number of hydrogen-bond donors (Lipinski definition) is 2. The maximum absolute atomic E-state index is 11.9. The van der Waals surface area contributed by atoms with Crippen LogP contribution in [0.4, 0.5) is 5.69 Å². The number of aliphatic hydroxyl groups is 1. The SMILES string of the molecule is CC(C)(C)CCS(=O)(=O)Nc1ccccc1CO. The first-order valence-electron chi connectivity index (χ1n) is 5.93. The summed E-state index contributed by atoms with van der Waals surface area (Å²) in [6.07, 6.45) is 0.587. The Morgan fingerprint density at radius 1 is 1.22 bits per heavy atom. The lowest BCUT2D eigenvalue weighted by molar-refractivity contribution is 0.282. The summed E-state index contributed by atoms with van der Waals surface area (Å²) in [7, 11) is -3.36. The van der Waals surface area contributed by atoms with Gasteiger partial charge in [0.25, 0.3) is 0 Å². The van der Waals surface area contributed by atoms with Crippen molar-refractivity contribution in [1.82, 2.24) is 0 Å². The zero-order valence-corrected chi connectivity index (χ0v) is 11.9. The number of sulfonamides is 1. The molecule has 0 spiro atoms. The maximum atomic E-state index is 11.9. The molecule has 0 aromatic heterocycles. The van der Waals surface area contributed by atoms with Crippen molar-refractivity contribution in [2.75, 3.05) is 10.5 Å². The number of hydrogen-bond acceptors (Lipinski definition) is 3. The van der Waals surface area contributed by atoms with E-state index in [-0.39, 0.29) is 17.8 Å². The summed E-state index contributed by atoms with van der Waals surface area (Å²) in [5.41, 5.74) is 1.01. The Labute approximate surface area is 109 Å². The second-order valence-corrected chi connectivity index (χ2v) is 7.39. The lowest BCUT2D eigenvalue weighted by Crippen LogP contribution is -2.21. The third kappa shape index (κ3) is 5.06. The number of rotatable bonds is 5. The predicted molar refractivity (Wildman–Crippen MR) is 73.8 cm³/mol. The standard InChI is InChI=1S/C13H21NO3S/c1-13(2,3)8-9-18(16,17)14-12-7-5-4-6-11(12)10-15/h4-7,14-15H,8-10H2,1-3H3. The van der Waals surface area contributed by atoms with E-state index in [0.29, 0.717) is 17.7 Å². The molecule has 0 fully saturated rings. The monoisotopic (exact) mass is 271 g/mol. The largest absolute Gasteiger partial charge is 0.392 e. The van der Waals surface area contributed by atoms with Crippen LogP contribution >= 0.6 is 0 Å². The number of nitrogens with one attached hydrogen (secondary N) is 1. The number of aliphatic hydroxyl groups excluding tert-OH is 1. The summed E-state index contributed by atoms with van der Waals surface area (Å²) in [4.78, 5) is 0. The van der Waals surface area contributed by atoms with Gasteiger partial charge in [0.2, 0.25) is 10.0 Å². The molecule has 0 radical (unpaired) electrons. The number of benzene rings is 1. The van der Waals surface area contributed by atoms with E-state index in [4.69, 9.17) is 5.11 Å². The molecule has 0 aliphatic heterocycles. The van der Waals surface area contributed by atoms with Gasteiger partial charge in [0.05, 0.1) is 18.0 Å². The van der Waals surface area contributed by atoms with E-state index in [1.54, 1.807) is 24.3 Å². The Morgan fingerprint density at radius 2 is 1.83 bits per heavy atom. The van der Waals surface area contributed by atoms with E-state index in [0.717, 1.165) is 0 Å². The maximum Gasteiger partial charge on any atom is 0.232 e. The first-order valence-corrected chi connectivity index (χ1v) is 7.58. The first-order chi connectivity index (χ1) is 8.23. The van der Waals surface area contributed by atoms with Crippen LogP contribution in [0.2, 0.25) is 0 Å². The van der Waals surface area contributed by atoms with Crippen LogP contribution in [0.1, 0.15) is 32.8 Å². The third-order valence-corrected chi connectivity index (χ3v) is 3.85. The van der Waals surface area contributed by atoms with Gasteiger partial charge in [0, 0.05) is 5.56 Å². The van der Waals surface area contributed by atoms with Gasteiger partial charge < -0.3 is 5.11 Å². The molecular weight excluding hydrogens is 250 g/mol. The highest BCUT2D eigenvalue weighted by Crippen LogP contribution is 2.21. The van der Waals surface area contributed by atoms with Gasteiger partial charge in [-0.25, -0.2) is 8.42 Å². The van der Waals surface area contributed by atoms with Gasteiger partial charge in [-0.3, -0.25) is 4.72 Å².